The summed E-state index contributed by atoms with van der Waals surface area (Å²) in [6.07, 6.45) is 0. The summed E-state index contributed by atoms with van der Waals surface area (Å²) in [7, 11) is 3.45. The molecule has 1 unspecified atom stereocenters. The third-order valence-corrected chi connectivity index (χ3v) is 2.74. The summed E-state index contributed by atoms with van der Waals surface area (Å²) in [5, 5.41) is 10.2. The molecule has 0 saturated heterocycles. The Hall–Kier alpha value is -1.84. The molecule has 4 heteroatoms. The van der Waals surface area contributed by atoms with Gasteiger partial charge in [0.25, 0.3) is 0 Å². The fraction of sp³-hybridized carbons (Fsp3) is 0.385. The first-order chi connectivity index (χ1) is 7.93. The lowest BCUT2D eigenvalue weighted by atomic mass is 9.96. The van der Waals surface area contributed by atoms with Gasteiger partial charge >= 0.3 is 0 Å². The van der Waals surface area contributed by atoms with Crippen LogP contribution < -0.4 is 5.32 Å². The van der Waals surface area contributed by atoms with Crippen molar-refractivity contribution in [3.63, 3.8) is 0 Å². The molecule has 2 N–H and O–H groups in total. The number of rotatable bonds is 2. The van der Waals surface area contributed by atoms with Crippen LogP contribution in [0.3, 0.4) is 0 Å². The zero-order chi connectivity index (χ0) is 13.0. The third-order valence-electron chi connectivity index (χ3n) is 2.74. The molecule has 0 spiro atoms. The molecule has 0 bridgehead atoms. The Kier molecular flexibility index (Phi) is 4.26. The van der Waals surface area contributed by atoms with Gasteiger partial charge < -0.3 is 4.90 Å². The molecule has 0 saturated carbocycles. The average Bonchev–Trinajstić information content (AvgIpc) is 2.28. The van der Waals surface area contributed by atoms with E-state index in [0.717, 1.165) is 11.1 Å². The minimum absolute atomic E-state index is 0.107. The predicted octanol–water partition coefficient (Wildman–Crippen LogP) is 1.71. The van der Waals surface area contributed by atoms with Crippen LogP contribution in [0.5, 0.6) is 0 Å². The van der Waals surface area contributed by atoms with Gasteiger partial charge in [-0.25, -0.2) is 0 Å². The van der Waals surface area contributed by atoms with E-state index in [1.54, 1.807) is 19.0 Å². The molecule has 0 radical (unpaired) electrons. The maximum absolute atomic E-state index is 11.9. The predicted molar refractivity (Wildman–Crippen MR) is 69.2 cm³/mol. The second-order valence-corrected chi connectivity index (χ2v) is 4.31. The van der Waals surface area contributed by atoms with E-state index in [0.29, 0.717) is 0 Å². The number of amides is 1. The summed E-state index contributed by atoms with van der Waals surface area (Å²) in [5.41, 5.74) is 2.09. The summed E-state index contributed by atoms with van der Waals surface area (Å²) >= 11 is 0. The first-order valence-electron chi connectivity index (χ1n) is 5.55. The highest BCUT2D eigenvalue weighted by atomic mass is 16.2. The van der Waals surface area contributed by atoms with Gasteiger partial charge in [0.15, 0.2) is 5.96 Å². The maximum Gasteiger partial charge on any atom is 0.233 e. The molecule has 0 aromatic heterocycles. The van der Waals surface area contributed by atoms with Crippen LogP contribution in [0.15, 0.2) is 24.3 Å². The second-order valence-electron chi connectivity index (χ2n) is 4.31. The summed E-state index contributed by atoms with van der Waals surface area (Å²) in [6.45, 7) is 3.83. The second kappa shape index (κ2) is 5.48. The number of guanidine groups is 1. The van der Waals surface area contributed by atoms with Crippen LogP contribution in [0.25, 0.3) is 0 Å². The molecule has 1 aromatic carbocycles. The quantitative estimate of drug-likeness (QED) is 0.603. The van der Waals surface area contributed by atoms with E-state index in [-0.39, 0.29) is 17.8 Å². The number of benzene rings is 1. The highest BCUT2D eigenvalue weighted by Crippen LogP contribution is 2.19. The van der Waals surface area contributed by atoms with Gasteiger partial charge in [0, 0.05) is 14.1 Å². The Morgan fingerprint density at radius 2 is 1.94 bits per heavy atom. The van der Waals surface area contributed by atoms with Gasteiger partial charge in [0.2, 0.25) is 5.91 Å². The molecule has 0 heterocycles. The van der Waals surface area contributed by atoms with Crippen LogP contribution in [0.4, 0.5) is 0 Å². The first kappa shape index (κ1) is 13.2. The van der Waals surface area contributed by atoms with Gasteiger partial charge in [0.05, 0.1) is 5.92 Å². The summed E-state index contributed by atoms with van der Waals surface area (Å²) in [5.74, 6) is -0.301. The first-order valence-corrected chi connectivity index (χ1v) is 5.55. The van der Waals surface area contributed by atoms with Crippen LogP contribution in [0, 0.1) is 12.3 Å². The van der Waals surface area contributed by atoms with E-state index in [9.17, 15) is 4.79 Å². The molecule has 0 aliphatic carbocycles. The van der Waals surface area contributed by atoms with Crippen molar-refractivity contribution in [2.75, 3.05) is 14.1 Å². The number of nitrogens with zero attached hydrogens (tertiary/aromatic N) is 1. The number of carbonyl (C=O) groups excluding carboxylic acids is 1. The lowest BCUT2D eigenvalue weighted by molar-refractivity contribution is -0.120. The van der Waals surface area contributed by atoms with Crippen molar-refractivity contribution >= 4 is 11.9 Å². The normalized spacial score (nSPS) is 11.8. The lowest BCUT2D eigenvalue weighted by Gasteiger charge is -2.18. The average molecular weight is 233 g/mol. The smallest absolute Gasteiger partial charge is 0.233 e. The molecule has 0 aliphatic heterocycles. The van der Waals surface area contributed by atoms with Gasteiger partial charge in [-0.15, -0.1) is 0 Å². The molecule has 1 aromatic rings. The van der Waals surface area contributed by atoms with Crippen molar-refractivity contribution < 1.29 is 4.79 Å². The highest BCUT2D eigenvalue weighted by molar-refractivity contribution is 5.98. The van der Waals surface area contributed by atoms with E-state index in [1.165, 1.54) is 0 Å². The molecular formula is C13H19N3O. The Labute approximate surface area is 102 Å². The maximum atomic E-state index is 11.9. The number of nitrogens with one attached hydrogen (secondary N) is 2. The molecule has 1 amide bonds. The molecule has 0 aliphatic rings. The molecule has 1 rings (SSSR count). The fourth-order valence-corrected chi connectivity index (χ4v) is 1.55. The number of hydrogen-bond donors (Lipinski definition) is 2. The van der Waals surface area contributed by atoms with Crippen molar-refractivity contribution in [2.24, 2.45) is 0 Å². The van der Waals surface area contributed by atoms with Crippen molar-refractivity contribution in [2.45, 2.75) is 19.8 Å². The number of carbonyl (C=O) groups is 1. The fourth-order valence-electron chi connectivity index (χ4n) is 1.55. The summed E-state index contributed by atoms with van der Waals surface area (Å²) in [4.78, 5) is 13.5. The molecule has 4 nitrogen and oxygen atoms in total. The van der Waals surface area contributed by atoms with Gasteiger partial charge in [-0.05, 0) is 25.0 Å². The minimum Gasteiger partial charge on any atom is -0.349 e. The van der Waals surface area contributed by atoms with E-state index in [4.69, 9.17) is 5.41 Å². The zero-order valence-corrected chi connectivity index (χ0v) is 10.7. The largest absolute Gasteiger partial charge is 0.349 e. The molecule has 17 heavy (non-hydrogen) atoms. The molecule has 92 valence electrons. The van der Waals surface area contributed by atoms with Gasteiger partial charge in [-0.3, -0.25) is 15.5 Å². The summed E-state index contributed by atoms with van der Waals surface area (Å²) in [6, 6.07) is 7.80. The van der Waals surface area contributed by atoms with E-state index < -0.39 is 0 Å². The van der Waals surface area contributed by atoms with Crippen LogP contribution in [-0.2, 0) is 4.79 Å². The van der Waals surface area contributed by atoms with E-state index >= 15 is 0 Å². The van der Waals surface area contributed by atoms with Crippen molar-refractivity contribution in [3.05, 3.63) is 35.4 Å². The Bertz CT molecular complexity index is 426. The SMILES string of the molecule is Cc1ccccc1C(C)C(=O)NC(=N)N(C)C. The standard InChI is InChI=1S/C13H19N3O/c1-9-7-5-6-8-11(9)10(2)12(17)15-13(14)16(3)4/h5-8,10H,1-4H3,(H2,14,15,17). The van der Waals surface area contributed by atoms with Crippen molar-refractivity contribution in [1.29, 1.82) is 5.41 Å². The number of aryl methyl sites for hydroxylation is 1. The monoisotopic (exact) mass is 233 g/mol. The van der Waals surface area contributed by atoms with Crippen molar-refractivity contribution in [1.82, 2.24) is 10.2 Å². The van der Waals surface area contributed by atoms with Crippen LogP contribution in [0.2, 0.25) is 0 Å². The molecule has 0 fully saturated rings. The van der Waals surface area contributed by atoms with Crippen LogP contribution in [-0.4, -0.2) is 30.9 Å². The Morgan fingerprint density at radius 1 is 1.35 bits per heavy atom. The van der Waals surface area contributed by atoms with E-state index in [1.807, 2.05) is 38.1 Å². The van der Waals surface area contributed by atoms with Gasteiger partial charge in [-0.1, -0.05) is 24.3 Å². The Morgan fingerprint density at radius 3 is 2.47 bits per heavy atom. The molecule has 1 atom stereocenters. The third kappa shape index (κ3) is 3.31. The summed E-state index contributed by atoms with van der Waals surface area (Å²) < 4.78 is 0. The Balaban J connectivity index is 2.77. The van der Waals surface area contributed by atoms with Crippen molar-refractivity contribution in [3.8, 4) is 0 Å². The minimum atomic E-state index is -0.253. The number of hydrogen-bond acceptors (Lipinski definition) is 2. The lowest BCUT2D eigenvalue weighted by Crippen LogP contribution is -2.41. The van der Waals surface area contributed by atoms with Gasteiger partial charge in [0.1, 0.15) is 0 Å². The topological polar surface area (TPSA) is 56.2 Å². The van der Waals surface area contributed by atoms with Crippen LogP contribution in [0.1, 0.15) is 24.0 Å². The highest BCUT2D eigenvalue weighted by Gasteiger charge is 2.18. The van der Waals surface area contributed by atoms with E-state index in [2.05, 4.69) is 5.32 Å². The zero-order valence-electron chi connectivity index (χ0n) is 10.7. The molecular weight excluding hydrogens is 214 g/mol. The van der Waals surface area contributed by atoms with Crippen LogP contribution >= 0.6 is 0 Å². The van der Waals surface area contributed by atoms with Gasteiger partial charge in [-0.2, -0.15) is 0 Å².